The van der Waals surface area contributed by atoms with Crippen molar-refractivity contribution >= 4 is 35.0 Å². The van der Waals surface area contributed by atoms with Crippen molar-refractivity contribution in [2.24, 2.45) is 7.05 Å². The molecule has 108 valence electrons. The topological polar surface area (TPSA) is 60.2 Å². The Balaban J connectivity index is 1.80. The van der Waals surface area contributed by atoms with E-state index in [1.54, 1.807) is 29.1 Å². The quantitative estimate of drug-likeness (QED) is 0.823. The van der Waals surface area contributed by atoms with Crippen molar-refractivity contribution in [2.45, 2.75) is 11.3 Å². The maximum absolute atomic E-state index is 9.87. The summed E-state index contributed by atoms with van der Waals surface area (Å²) in [7, 11) is 1.85. The van der Waals surface area contributed by atoms with E-state index >= 15 is 0 Å². The summed E-state index contributed by atoms with van der Waals surface area (Å²) in [6, 6.07) is 4.95. The molecule has 2 rings (SSSR count). The van der Waals surface area contributed by atoms with Crippen molar-refractivity contribution in [3.8, 4) is 5.75 Å². The fourth-order valence-corrected chi connectivity index (χ4v) is 2.66. The van der Waals surface area contributed by atoms with Crippen LogP contribution in [0.3, 0.4) is 0 Å². The molecule has 1 aromatic heterocycles. The monoisotopic (exact) mass is 333 g/mol. The number of aliphatic hydroxyl groups is 1. The molecule has 1 N–H and O–H groups in total. The highest BCUT2D eigenvalue weighted by Crippen LogP contribution is 2.27. The van der Waals surface area contributed by atoms with Crippen molar-refractivity contribution in [1.82, 2.24) is 14.8 Å². The van der Waals surface area contributed by atoms with Gasteiger partial charge < -0.3 is 14.4 Å². The van der Waals surface area contributed by atoms with Crippen LogP contribution in [0.4, 0.5) is 0 Å². The van der Waals surface area contributed by atoms with E-state index in [1.807, 2.05) is 7.05 Å². The number of rotatable bonds is 6. The summed E-state index contributed by atoms with van der Waals surface area (Å²) >= 11 is 13.2. The van der Waals surface area contributed by atoms with E-state index < -0.39 is 6.10 Å². The molecular weight excluding hydrogens is 321 g/mol. The zero-order valence-corrected chi connectivity index (χ0v) is 13.0. The van der Waals surface area contributed by atoms with Gasteiger partial charge in [0.2, 0.25) is 0 Å². The first-order chi connectivity index (χ1) is 9.56. The summed E-state index contributed by atoms with van der Waals surface area (Å²) in [6.07, 6.45) is 0.974. The molecule has 1 heterocycles. The minimum atomic E-state index is -0.636. The summed E-state index contributed by atoms with van der Waals surface area (Å²) in [4.78, 5) is 0. The van der Waals surface area contributed by atoms with Crippen LogP contribution in [-0.2, 0) is 7.05 Å². The lowest BCUT2D eigenvalue weighted by atomic mass is 10.3. The predicted octanol–water partition coefficient (Wildman–Crippen LogP) is 2.65. The van der Waals surface area contributed by atoms with E-state index in [0.29, 0.717) is 21.5 Å². The van der Waals surface area contributed by atoms with Gasteiger partial charge in [0.25, 0.3) is 0 Å². The molecule has 8 heteroatoms. The van der Waals surface area contributed by atoms with E-state index in [1.165, 1.54) is 11.8 Å². The van der Waals surface area contributed by atoms with Crippen molar-refractivity contribution < 1.29 is 9.84 Å². The number of hydrogen-bond acceptors (Lipinski definition) is 5. The van der Waals surface area contributed by atoms with Gasteiger partial charge in [-0.2, -0.15) is 0 Å². The Bertz CT molecular complexity index is 580. The van der Waals surface area contributed by atoms with Gasteiger partial charge in [-0.1, -0.05) is 35.0 Å². The molecular formula is C12H13Cl2N3O2S. The van der Waals surface area contributed by atoms with E-state index in [0.717, 1.165) is 5.16 Å². The highest BCUT2D eigenvalue weighted by molar-refractivity contribution is 7.99. The lowest BCUT2D eigenvalue weighted by molar-refractivity contribution is 0.126. The minimum Gasteiger partial charge on any atom is -0.489 e. The number of aromatic nitrogens is 3. The Hall–Kier alpha value is -0.950. The Morgan fingerprint density at radius 3 is 2.90 bits per heavy atom. The molecule has 1 aromatic carbocycles. The van der Waals surface area contributed by atoms with Crippen molar-refractivity contribution in [1.29, 1.82) is 0 Å². The van der Waals surface area contributed by atoms with Crippen molar-refractivity contribution in [3.05, 3.63) is 34.6 Å². The number of aryl methyl sites for hydroxylation is 1. The zero-order chi connectivity index (χ0) is 14.5. The third-order valence-corrected chi connectivity index (χ3v) is 4.11. The average molecular weight is 334 g/mol. The van der Waals surface area contributed by atoms with Crippen LogP contribution in [0.5, 0.6) is 5.75 Å². The van der Waals surface area contributed by atoms with Gasteiger partial charge in [-0.15, -0.1) is 10.2 Å². The second-order valence-corrected chi connectivity index (χ2v) is 5.91. The highest BCUT2D eigenvalue weighted by Gasteiger charge is 2.10. The molecule has 2 aromatic rings. The number of thioether (sulfide) groups is 1. The van der Waals surface area contributed by atoms with E-state index in [9.17, 15) is 5.11 Å². The molecule has 0 bridgehead atoms. The minimum absolute atomic E-state index is 0.145. The molecule has 0 spiro atoms. The molecule has 0 aliphatic rings. The standard InChI is InChI=1S/C12H13Cl2N3O2S/c1-17-7-15-16-12(17)20-6-9(18)5-19-11-3-2-8(13)4-10(11)14/h2-4,7,9,18H,5-6H2,1H3. The molecule has 1 atom stereocenters. The molecule has 0 amide bonds. The molecule has 5 nitrogen and oxygen atoms in total. The molecule has 20 heavy (non-hydrogen) atoms. The summed E-state index contributed by atoms with van der Waals surface area (Å²) in [5, 5.41) is 19.3. The van der Waals surface area contributed by atoms with Crippen LogP contribution in [0.15, 0.2) is 29.7 Å². The summed E-state index contributed by atoms with van der Waals surface area (Å²) in [5.41, 5.74) is 0. The van der Waals surface area contributed by atoms with E-state index in [2.05, 4.69) is 10.2 Å². The summed E-state index contributed by atoms with van der Waals surface area (Å²) in [5.74, 6) is 0.955. The second-order valence-electron chi connectivity index (χ2n) is 4.07. The van der Waals surface area contributed by atoms with Crippen LogP contribution in [0.25, 0.3) is 0 Å². The highest BCUT2D eigenvalue weighted by atomic mass is 35.5. The first-order valence-electron chi connectivity index (χ1n) is 5.79. The van der Waals surface area contributed by atoms with Gasteiger partial charge in [0.05, 0.1) is 11.1 Å². The largest absolute Gasteiger partial charge is 0.489 e. The van der Waals surface area contributed by atoms with E-state index in [-0.39, 0.29) is 6.61 Å². The SMILES string of the molecule is Cn1cnnc1SCC(O)COc1ccc(Cl)cc1Cl. The number of hydrogen-bond donors (Lipinski definition) is 1. The van der Waals surface area contributed by atoms with Crippen molar-refractivity contribution in [3.63, 3.8) is 0 Å². The number of benzene rings is 1. The second kappa shape index (κ2) is 7.17. The average Bonchev–Trinajstić information content (AvgIpc) is 2.81. The van der Waals surface area contributed by atoms with Crippen LogP contribution < -0.4 is 4.74 Å². The molecule has 0 fully saturated rings. The number of halogens is 2. The van der Waals surface area contributed by atoms with Gasteiger partial charge in [0.15, 0.2) is 5.16 Å². The van der Waals surface area contributed by atoms with Gasteiger partial charge in [-0.3, -0.25) is 0 Å². The smallest absolute Gasteiger partial charge is 0.190 e. The van der Waals surface area contributed by atoms with Crippen LogP contribution in [0, 0.1) is 0 Å². The zero-order valence-electron chi connectivity index (χ0n) is 10.7. The Kier molecular flexibility index (Phi) is 5.54. The Morgan fingerprint density at radius 2 is 2.25 bits per heavy atom. The maximum Gasteiger partial charge on any atom is 0.190 e. The molecule has 1 unspecified atom stereocenters. The predicted molar refractivity (Wildman–Crippen MR) is 79.7 cm³/mol. The molecule has 0 radical (unpaired) electrons. The lowest BCUT2D eigenvalue weighted by Crippen LogP contribution is -2.20. The van der Waals surface area contributed by atoms with Gasteiger partial charge in [-0.05, 0) is 18.2 Å². The molecule has 0 saturated carbocycles. The maximum atomic E-state index is 9.87. The molecule has 0 aliphatic carbocycles. The van der Waals surface area contributed by atoms with Gasteiger partial charge in [0.1, 0.15) is 18.7 Å². The Morgan fingerprint density at radius 1 is 1.45 bits per heavy atom. The fourth-order valence-electron chi connectivity index (χ4n) is 1.40. The summed E-state index contributed by atoms with van der Waals surface area (Å²) < 4.78 is 7.24. The van der Waals surface area contributed by atoms with Gasteiger partial charge in [-0.25, -0.2) is 0 Å². The van der Waals surface area contributed by atoms with Crippen LogP contribution in [0.2, 0.25) is 10.0 Å². The fraction of sp³-hybridized carbons (Fsp3) is 0.333. The molecule has 0 aliphatic heterocycles. The first-order valence-corrected chi connectivity index (χ1v) is 7.53. The number of nitrogens with zero attached hydrogens (tertiary/aromatic N) is 3. The van der Waals surface area contributed by atoms with Crippen molar-refractivity contribution in [2.75, 3.05) is 12.4 Å². The third-order valence-electron chi connectivity index (χ3n) is 2.40. The number of aliphatic hydroxyl groups excluding tert-OH is 1. The number of ether oxygens (including phenoxy) is 1. The molecule has 0 saturated heterocycles. The lowest BCUT2D eigenvalue weighted by Gasteiger charge is -2.12. The summed E-state index contributed by atoms with van der Waals surface area (Å²) in [6.45, 7) is 0.145. The van der Waals surface area contributed by atoms with Crippen LogP contribution >= 0.6 is 35.0 Å². The first kappa shape index (κ1) is 15.4. The van der Waals surface area contributed by atoms with Gasteiger partial charge in [0, 0.05) is 17.8 Å². The normalized spacial score (nSPS) is 12.4. The van der Waals surface area contributed by atoms with E-state index in [4.69, 9.17) is 27.9 Å². The van der Waals surface area contributed by atoms with Gasteiger partial charge >= 0.3 is 0 Å². The third kappa shape index (κ3) is 4.28. The van der Waals surface area contributed by atoms with Crippen LogP contribution in [-0.4, -0.2) is 38.3 Å². The van der Waals surface area contributed by atoms with Crippen LogP contribution in [0.1, 0.15) is 0 Å². The Labute approximate surface area is 130 Å².